The van der Waals surface area contributed by atoms with Crippen LogP contribution in [0.3, 0.4) is 0 Å². The Bertz CT molecular complexity index is 956. The third kappa shape index (κ3) is 5.59. The van der Waals surface area contributed by atoms with Gasteiger partial charge >= 0.3 is 5.97 Å². The number of hydrogen-bond donors (Lipinski definition) is 0. The summed E-state index contributed by atoms with van der Waals surface area (Å²) >= 11 is 0. The van der Waals surface area contributed by atoms with Gasteiger partial charge in [-0.15, -0.1) is 0 Å². The first-order valence-corrected chi connectivity index (χ1v) is 8.71. The zero-order chi connectivity index (χ0) is 21.4. The van der Waals surface area contributed by atoms with Gasteiger partial charge in [-0.2, -0.15) is 5.26 Å². The van der Waals surface area contributed by atoms with Crippen LogP contribution in [0.4, 0.5) is 5.69 Å². The minimum absolute atomic E-state index is 0.197. The maximum atomic E-state index is 12.4. The number of carbonyl (C=O) groups is 2. The molecule has 2 rings (SSSR count). The fourth-order valence-corrected chi connectivity index (χ4v) is 2.49. The average Bonchev–Trinajstić information content (AvgIpc) is 2.75. The van der Waals surface area contributed by atoms with E-state index in [4.69, 9.17) is 14.2 Å². The van der Waals surface area contributed by atoms with Crippen LogP contribution in [-0.4, -0.2) is 46.7 Å². The summed E-state index contributed by atoms with van der Waals surface area (Å²) in [6.45, 7) is -0.514. The Kier molecular flexibility index (Phi) is 7.38. The molecule has 2 aromatic carbocycles. The number of ketones is 1. The van der Waals surface area contributed by atoms with E-state index in [9.17, 15) is 14.9 Å². The monoisotopic (exact) mass is 394 g/mol. The van der Waals surface area contributed by atoms with E-state index in [-0.39, 0.29) is 11.1 Å². The molecular formula is C22H22N2O5. The van der Waals surface area contributed by atoms with Crippen LogP contribution in [0.15, 0.2) is 48.0 Å². The Morgan fingerprint density at radius 2 is 1.76 bits per heavy atom. The second-order valence-electron chi connectivity index (χ2n) is 6.22. The van der Waals surface area contributed by atoms with Crippen LogP contribution in [-0.2, 0) is 9.53 Å². The van der Waals surface area contributed by atoms with Gasteiger partial charge < -0.3 is 19.1 Å². The molecule has 0 N–H and O–H groups in total. The molecule has 0 atom stereocenters. The minimum atomic E-state index is -0.870. The number of nitrogens with zero attached hydrogens (tertiary/aromatic N) is 2. The highest BCUT2D eigenvalue weighted by atomic mass is 16.5. The Morgan fingerprint density at radius 3 is 2.31 bits per heavy atom. The van der Waals surface area contributed by atoms with E-state index in [1.54, 1.807) is 24.3 Å². The van der Waals surface area contributed by atoms with Gasteiger partial charge in [-0.05, 0) is 35.9 Å². The highest BCUT2D eigenvalue weighted by molar-refractivity contribution is 6.03. The molecule has 0 spiro atoms. The topological polar surface area (TPSA) is 88.9 Å². The lowest BCUT2D eigenvalue weighted by Gasteiger charge is -2.12. The lowest BCUT2D eigenvalue weighted by molar-refractivity contribution is -0.137. The normalized spacial score (nSPS) is 10.7. The quantitative estimate of drug-likeness (QED) is 0.294. The number of hydrogen-bond acceptors (Lipinski definition) is 7. The number of Topliss-reactive ketones (excluding diaryl/α,β-unsaturated/α-hetero) is 1. The molecule has 0 unspecified atom stereocenters. The van der Waals surface area contributed by atoms with Crippen LogP contribution in [0.2, 0.25) is 0 Å². The number of ether oxygens (including phenoxy) is 3. The Morgan fingerprint density at radius 1 is 1.07 bits per heavy atom. The van der Waals surface area contributed by atoms with Gasteiger partial charge in [0, 0.05) is 25.8 Å². The van der Waals surface area contributed by atoms with E-state index in [2.05, 4.69) is 0 Å². The molecule has 150 valence electrons. The van der Waals surface area contributed by atoms with Crippen molar-refractivity contribution in [3.63, 3.8) is 0 Å². The molecule has 0 bridgehead atoms. The van der Waals surface area contributed by atoms with Gasteiger partial charge in [0.2, 0.25) is 5.78 Å². The first-order valence-electron chi connectivity index (χ1n) is 8.71. The lowest BCUT2D eigenvalue weighted by atomic mass is 10.1. The molecule has 0 heterocycles. The van der Waals surface area contributed by atoms with Crippen molar-refractivity contribution in [1.82, 2.24) is 0 Å². The fourth-order valence-electron chi connectivity index (χ4n) is 2.49. The molecule has 0 amide bonds. The second kappa shape index (κ2) is 9.95. The van der Waals surface area contributed by atoms with Crippen LogP contribution >= 0.6 is 0 Å². The highest BCUT2D eigenvalue weighted by Crippen LogP contribution is 2.25. The summed E-state index contributed by atoms with van der Waals surface area (Å²) in [6.07, 6.45) is 1.42. The van der Waals surface area contributed by atoms with Gasteiger partial charge in [-0.3, -0.25) is 4.79 Å². The molecule has 0 aliphatic heterocycles. The van der Waals surface area contributed by atoms with Gasteiger partial charge in [0.15, 0.2) is 6.61 Å². The molecular weight excluding hydrogens is 372 g/mol. The van der Waals surface area contributed by atoms with Gasteiger partial charge in [0.05, 0.1) is 19.8 Å². The number of nitriles is 1. The number of rotatable bonds is 8. The molecule has 0 radical (unpaired) electrons. The third-order valence-electron chi connectivity index (χ3n) is 4.10. The van der Waals surface area contributed by atoms with E-state index in [1.807, 2.05) is 37.2 Å². The number of methoxy groups -OCH3 is 2. The van der Waals surface area contributed by atoms with E-state index in [1.165, 1.54) is 26.4 Å². The van der Waals surface area contributed by atoms with Crippen molar-refractivity contribution in [2.24, 2.45) is 0 Å². The molecule has 7 nitrogen and oxygen atoms in total. The molecule has 0 saturated heterocycles. The second-order valence-corrected chi connectivity index (χ2v) is 6.22. The molecule has 0 aliphatic carbocycles. The average molecular weight is 394 g/mol. The highest BCUT2D eigenvalue weighted by Gasteiger charge is 2.17. The summed E-state index contributed by atoms with van der Waals surface area (Å²) in [4.78, 5) is 26.6. The first-order chi connectivity index (χ1) is 13.9. The minimum Gasteiger partial charge on any atom is -0.497 e. The van der Waals surface area contributed by atoms with Crippen LogP contribution < -0.4 is 14.4 Å². The summed E-state index contributed by atoms with van der Waals surface area (Å²) in [5.74, 6) is -0.483. The van der Waals surface area contributed by atoms with Gasteiger partial charge in [0.25, 0.3) is 0 Å². The van der Waals surface area contributed by atoms with E-state index >= 15 is 0 Å². The Hall–Kier alpha value is -3.79. The van der Waals surface area contributed by atoms with Crippen LogP contribution in [0, 0.1) is 11.3 Å². The maximum Gasteiger partial charge on any atom is 0.349 e. The largest absolute Gasteiger partial charge is 0.497 e. The SMILES string of the molecule is COc1ccc(C(=O)COC(=O)/C(C#N)=C/c2ccc(N(C)C)cc2)c(OC)c1. The zero-order valence-electron chi connectivity index (χ0n) is 16.8. The molecule has 0 fully saturated rings. The number of anilines is 1. The number of carbonyl (C=O) groups excluding carboxylic acids is 2. The van der Waals surface area contributed by atoms with Gasteiger partial charge in [-0.1, -0.05) is 12.1 Å². The zero-order valence-corrected chi connectivity index (χ0v) is 16.8. The van der Waals surface area contributed by atoms with E-state index in [0.29, 0.717) is 17.1 Å². The van der Waals surface area contributed by atoms with Crippen molar-refractivity contribution >= 4 is 23.5 Å². The van der Waals surface area contributed by atoms with E-state index < -0.39 is 18.4 Å². The smallest absolute Gasteiger partial charge is 0.349 e. The molecule has 0 saturated carbocycles. The Balaban J connectivity index is 2.08. The molecule has 29 heavy (non-hydrogen) atoms. The number of benzene rings is 2. The molecule has 7 heteroatoms. The van der Waals surface area contributed by atoms with Crippen molar-refractivity contribution < 1.29 is 23.8 Å². The summed E-state index contributed by atoms with van der Waals surface area (Å²) in [5.41, 5.74) is 1.72. The molecule has 2 aromatic rings. The third-order valence-corrected chi connectivity index (χ3v) is 4.10. The molecule has 0 aromatic heterocycles. The maximum absolute atomic E-state index is 12.4. The lowest BCUT2D eigenvalue weighted by Crippen LogP contribution is -2.16. The van der Waals surface area contributed by atoms with Crippen LogP contribution in [0.25, 0.3) is 6.08 Å². The van der Waals surface area contributed by atoms with Crippen molar-refractivity contribution in [2.45, 2.75) is 0 Å². The van der Waals surface area contributed by atoms with Crippen LogP contribution in [0.1, 0.15) is 15.9 Å². The predicted molar refractivity (Wildman–Crippen MR) is 109 cm³/mol. The van der Waals surface area contributed by atoms with Gasteiger partial charge in [0.1, 0.15) is 23.1 Å². The number of esters is 1. The predicted octanol–water partition coefficient (Wildman–Crippen LogP) is 3.10. The fraction of sp³-hybridized carbons (Fsp3) is 0.227. The summed E-state index contributed by atoms with van der Waals surface area (Å²) in [6, 6.07) is 13.8. The van der Waals surface area contributed by atoms with Gasteiger partial charge in [-0.25, -0.2) is 4.79 Å². The van der Waals surface area contributed by atoms with Crippen molar-refractivity contribution in [2.75, 3.05) is 39.8 Å². The standard InChI is InChI=1S/C22H22N2O5/c1-24(2)17-7-5-15(6-8-17)11-16(13-23)22(26)29-14-20(25)19-10-9-18(27-3)12-21(19)28-4/h5-12H,14H2,1-4H3/b16-11+. The summed E-state index contributed by atoms with van der Waals surface area (Å²) < 4.78 is 15.3. The Labute approximate surface area is 169 Å². The first kappa shape index (κ1) is 21.5. The van der Waals surface area contributed by atoms with Crippen molar-refractivity contribution in [3.05, 3.63) is 59.2 Å². The van der Waals surface area contributed by atoms with Crippen molar-refractivity contribution in [3.8, 4) is 17.6 Å². The summed E-state index contributed by atoms with van der Waals surface area (Å²) in [7, 11) is 6.76. The summed E-state index contributed by atoms with van der Waals surface area (Å²) in [5, 5.41) is 9.28. The van der Waals surface area contributed by atoms with E-state index in [0.717, 1.165) is 5.69 Å². The molecule has 0 aliphatic rings. The van der Waals surface area contributed by atoms with Crippen molar-refractivity contribution in [1.29, 1.82) is 5.26 Å². The van der Waals surface area contributed by atoms with Crippen LogP contribution in [0.5, 0.6) is 11.5 Å².